The van der Waals surface area contributed by atoms with Crippen LogP contribution in [0.4, 0.5) is 0 Å². The van der Waals surface area contributed by atoms with Gasteiger partial charge in [-0.2, -0.15) is 0 Å². The van der Waals surface area contributed by atoms with Crippen molar-refractivity contribution in [2.24, 2.45) is 0 Å². The highest BCUT2D eigenvalue weighted by Gasteiger charge is 2.20. The van der Waals surface area contributed by atoms with Crippen molar-refractivity contribution in [3.63, 3.8) is 0 Å². The zero-order chi connectivity index (χ0) is 16.2. The van der Waals surface area contributed by atoms with Gasteiger partial charge < -0.3 is 9.42 Å². The molecule has 0 aliphatic carbocycles. The molecular formula is C17H20ClN3O2. The van der Waals surface area contributed by atoms with Crippen molar-refractivity contribution in [3.05, 3.63) is 52.4 Å². The lowest BCUT2D eigenvalue weighted by Gasteiger charge is -2.21. The van der Waals surface area contributed by atoms with Crippen LogP contribution in [0, 0.1) is 6.92 Å². The summed E-state index contributed by atoms with van der Waals surface area (Å²) in [5.74, 6) is 0.898. The third-order valence-corrected chi connectivity index (χ3v) is 4.28. The Bertz CT molecular complexity index is 669. The van der Waals surface area contributed by atoms with E-state index in [1.807, 2.05) is 17.9 Å². The monoisotopic (exact) mass is 333 g/mol. The van der Waals surface area contributed by atoms with Crippen molar-refractivity contribution >= 4 is 17.5 Å². The van der Waals surface area contributed by atoms with Crippen LogP contribution in [0.2, 0.25) is 5.02 Å². The van der Waals surface area contributed by atoms with Crippen molar-refractivity contribution in [2.45, 2.75) is 19.9 Å². The lowest BCUT2D eigenvalue weighted by Crippen LogP contribution is -2.35. The van der Waals surface area contributed by atoms with Gasteiger partial charge in [0, 0.05) is 49.4 Å². The summed E-state index contributed by atoms with van der Waals surface area (Å²) < 4.78 is 5.11. The van der Waals surface area contributed by atoms with E-state index in [9.17, 15) is 4.79 Å². The Morgan fingerprint density at radius 1 is 1.22 bits per heavy atom. The van der Waals surface area contributed by atoms with Gasteiger partial charge in [0.1, 0.15) is 5.76 Å². The van der Waals surface area contributed by atoms with Crippen molar-refractivity contribution in [1.29, 1.82) is 0 Å². The summed E-state index contributed by atoms with van der Waals surface area (Å²) in [5, 5.41) is 4.69. The molecule has 0 saturated carbocycles. The summed E-state index contributed by atoms with van der Waals surface area (Å²) in [4.78, 5) is 16.8. The second kappa shape index (κ2) is 7.15. The van der Waals surface area contributed by atoms with Gasteiger partial charge in [0.2, 0.25) is 0 Å². The second-order valence-electron chi connectivity index (χ2n) is 5.86. The first-order valence-corrected chi connectivity index (χ1v) is 8.19. The molecule has 1 fully saturated rings. The van der Waals surface area contributed by atoms with E-state index in [4.69, 9.17) is 16.1 Å². The summed E-state index contributed by atoms with van der Waals surface area (Å²) in [6.45, 7) is 5.95. The average Bonchev–Trinajstić information content (AvgIpc) is 2.81. The van der Waals surface area contributed by atoms with Gasteiger partial charge in [-0.15, -0.1) is 0 Å². The van der Waals surface area contributed by atoms with E-state index in [1.54, 1.807) is 24.3 Å². The first kappa shape index (κ1) is 16.0. The highest BCUT2D eigenvalue weighted by atomic mass is 35.5. The number of aromatic nitrogens is 1. The number of hydrogen-bond acceptors (Lipinski definition) is 4. The zero-order valence-electron chi connectivity index (χ0n) is 13.2. The van der Waals surface area contributed by atoms with Crippen LogP contribution in [0.25, 0.3) is 0 Å². The number of carbonyl (C=O) groups is 1. The molecule has 0 unspecified atom stereocenters. The first-order chi connectivity index (χ1) is 11.1. The highest BCUT2D eigenvalue weighted by molar-refractivity contribution is 6.30. The number of hydrogen-bond donors (Lipinski definition) is 0. The molecule has 3 rings (SSSR count). The Morgan fingerprint density at radius 3 is 2.70 bits per heavy atom. The van der Waals surface area contributed by atoms with Crippen LogP contribution in [0.15, 0.2) is 34.9 Å². The summed E-state index contributed by atoms with van der Waals surface area (Å²) >= 11 is 5.88. The molecule has 1 amide bonds. The van der Waals surface area contributed by atoms with Crippen molar-refractivity contribution in [2.75, 3.05) is 26.2 Å². The van der Waals surface area contributed by atoms with E-state index >= 15 is 0 Å². The molecular weight excluding hydrogens is 314 g/mol. The molecule has 6 heteroatoms. The summed E-state index contributed by atoms with van der Waals surface area (Å²) in [6.07, 6.45) is 0.955. The fourth-order valence-electron chi connectivity index (χ4n) is 2.83. The number of halogens is 1. The smallest absolute Gasteiger partial charge is 0.253 e. The van der Waals surface area contributed by atoms with Crippen LogP contribution in [0.3, 0.4) is 0 Å². The number of aryl methyl sites for hydroxylation is 1. The van der Waals surface area contributed by atoms with Gasteiger partial charge in [-0.1, -0.05) is 16.8 Å². The van der Waals surface area contributed by atoms with Crippen LogP contribution in [0.5, 0.6) is 0 Å². The van der Waals surface area contributed by atoms with E-state index in [0.717, 1.165) is 50.6 Å². The number of nitrogens with zero attached hydrogens (tertiary/aromatic N) is 3. The minimum absolute atomic E-state index is 0.0702. The van der Waals surface area contributed by atoms with Crippen LogP contribution >= 0.6 is 11.6 Å². The first-order valence-electron chi connectivity index (χ1n) is 7.81. The minimum atomic E-state index is 0.0702. The van der Waals surface area contributed by atoms with Crippen molar-refractivity contribution < 1.29 is 9.32 Å². The average molecular weight is 334 g/mol. The number of rotatable bonds is 3. The number of benzene rings is 1. The van der Waals surface area contributed by atoms with Crippen molar-refractivity contribution in [3.8, 4) is 0 Å². The van der Waals surface area contributed by atoms with Crippen LogP contribution in [0.1, 0.15) is 28.2 Å². The van der Waals surface area contributed by atoms with Gasteiger partial charge in [0.05, 0.1) is 5.69 Å². The Kier molecular flexibility index (Phi) is 4.98. The Balaban J connectivity index is 1.59. The molecule has 0 N–H and O–H groups in total. The molecule has 2 heterocycles. The SMILES string of the molecule is Cc1cc(CN2CCCN(C(=O)c3ccc(Cl)cc3)CC2)no1. The molecule has 1 aliphatic rings. The molecule has 1 aromatic heterocycles. The molecule has 0 radical (unpaired) electrons. The Hall–Kier alpha value is -1.85. The van der Waals surface area contributed by atoms with Gasteiger partial charge in [0.15, 0.2) is 0 Å². The fraction of sp³-hybridized carbons (Fsp3) is 0.412. The predicted molar refractivity (Wildman–Crippen MR) is 88.5 cm³/mol. The van der Waals surface area contributed by atoms with E-state index in [0.29, 0.717) is 10.6 Å². The van der Waals surface area contributed by atoms with E-state index in [1.165, 1.54) is 0 Å². The fourth-order valence-corrected chi connectivity index (χ4v) is 2.95. The normalized spacial score (nSPS) is 16.3. The van der Waals surface area contributed by atoms with E-state index in [-0.39, 0.29) is 5.91 Å². The molecule has 23 heavy (non-hydrogen) atoms. The molecule has 1 aromatic carbocycles. The minimum Gasteiger partial charge on any atom is -0.361 e. The van der Waals surface area contributed by atoms with Gasteiger partial charge >= 0.3 is 0 Å². The number of amides is 1. The number of carbonyl (C=O) groups excluding carboxylic acids is 1. The predicted octanol–water partition coefficient (Wildman–Crippen LogP) is 2.98. The maximum atomic E-state index is 12.6. The summed E-state index contributed by atoms with van der Waals surface area (Å²) in [7, 11) is 0. The lowest BCUT2D eigenvalue weighted by atomic mass is 10.2. The van der Waals surface area contributed by atoms with Gasteiger partial charge in [-0.25, -0.2) is 0 Å². The van der Waals surface area contributed by atoms with Gasteiger partial charge in [0.25, 0.3) is 5.91 Å². The van der Waals surface area contributed by atoms with Gasteiger partial charge in [-0.3, -0.25) is 9.69 Å². The quantitative estimate of drug-likeness (QED) is 0.866. The topological polar surface area (TPSA) is 49.6 Å². The van der Waals surface area contributed by atoms with Gasteiger partial charge in [-0.05, 0) is 37.6 Å². The summed E-state index contributed by atoms with van der Waals surface area (Å²) in [5.41, 5.74) is 1.63. The van der Waals surface area contributed by atoms with E-state index in [2.05, 4.69) is 10.1 Å². The van der Waals surface area contributed by atoms with E-state index < -0.39 is 0 Å². The molecule has 1 aliphatic heterocycles. The highest BCUT2D eigenvalue weighted by Crippen LogP contribution is 2.14. The molecule has 1 saturated heterocycles. The lowest BCUT2D eigenvalue weighted by molar-refractivity contribution is 0.0761. The van der Waals surface area contributed by atoms with Crippen LogP contribution in [-0.2, 0) is 6.54 Å². The molecule has 0 atom stereocenters. The maximum Gasteiger partial charge on any atom is 0.253 e. The second-order valence-corrected chi connectivity index (χ2v) is 6.29. The largest absolute Gasteiger partial charge is 0.361 e. The van der Waals surface area contributed by atoms with Crippen molar-refractivity contribution in [1.82, 2.24) is 15.0 Å². The van der Waals surface area contributed by atoms with Crippen LogP contribution in [-0.4, -0.2) is 47.0 Å². The Labute approximate surface area is 140 Å². The standard InChI is InChI=1S/C17H20ClN3O2/c1-13-11-16(19-23-13)12-20-7-2-8-21(10-9-20)17(22)14-3-5-15(18)6-4-14/h3-6,11H,2,7-10,12H2,1H3. The van der Waals surface area contributed by atoms with Crippen LogP contribution < -0.4 is 0 Å². The molecule has 5 nitrogen and oxygen atoms in total. The Morgan fingerprint density at radius 2 is 2.00 bits per heavy atom. The molecule has 2 aromatic rings. The molecule has 122 valence electrons. The molecule has 0 bridgehead atoms. The summed E-state index contributed by atoms with van der Waals surface area (Å²) in [6, 6.07) is 9.04. The third kappa shape index (κ3) is 4.12. The molecule has 0 spiro atoms. The third-order valence-electron chi connectivity index (χ3n) is 4.03. The maximum absolute atomic E-state index is 12.6. The zero-order valence-corrected chi connectivity index (χ0v) is 13.9.